The van der Waals surface area contributed by atoms with E-state index in [2.05, 4.69) is 144 Å². The van der Waals surface area contributed by atoms with Crippen molar-refractivity contribution >= 4 is 50.8 Å². The number of benzene rings is 6. The van der Waals surface area contributed by atoms with Gasteiger partial charge >= 0.3 is 150 Å². The Kier molecular flexibility index (Phi) is 11.2. The molecule has 315 valence electrons. The Morgan fingerprint density at radius 2 is 1.46 bits per heavy atom. The molecule has 0 aliphatic rings. The topological polar surface area (TPSA) is 56.7 Å². The van der Waals surface area contributed by atoms with E-state index in [4.69, 9.17) is 13.5 Å². The Bertz CT molecular complexity index is 3340. The summed E-state index contributed by atoms with van der Waals surface area (Å²) in [4.78, 5) is 14.0. The summed E-state index contributed by atoms with van der Waals surface area (Å²) in [6.07, 6.45) is 3.38. The van der Waals surface area contributed by atoms with E-state index in [1.54, 1.807) is 18.5 Å². The minimum Gasteiger partial charge on any atom is 0 e. The van der Waals surface area contributed by atoms with Crippen molar-refractivity contribution in [1.29, 1.82) is 0 Å². The van der Waals surface area contributed by atoms with E-state index in [-0.39, 0.29) is 36.6 Å². The second-order valence-corrected chi connectivity index (χ2v) is 28.1. The predicted molar refractivity (Wildman–Crippen MR) is 256 cm³/mol. The maximum absolute atomic E-state index is 14.8. The maximum atomic E-state index is 14.8. The molecule has 4 heterocycles. The van der Waals surface area contributed by atoms with Crippen LogP contribution in [-0.4, -0.2) is 32.8 Å². The van der Waals surface area contributed by atoms with E-state index in [1.165, 1.54) is 17.7 Å². The molecule has 10 aromatic rings. The molecule has 0 spiro atoms. The molecule has 0 atom stereocenters. The number of furan rings is 1. The normalized spacial score (nSPS) is 12.6. The van der Waals surface area contributed by atoms with Crippen LogP contribution in [0.4, 0.5) is 4.39 Å². The minimum atomic E-state index is -2.44. The number of nitrogens with zero attached hydrogens (tertiary/aromatic N) is 4. The Morgan fingerprint density at radius 1 is 0.762 bits per heavy atom. The fraction of sp³-hybridized carbons (Fsp3) is 0.145. The van der Waals surface area contributed by atoms with Crippen LogP contribution in [0, 0.1) is 24.8 Å². The first-order valence-electron chi connectivity index (χ1n) is 22.2. The zero-order chi connectivity index (χ0) is 45.7. The van der Waals surface area contributed by atoms with Crippen molar-refractivity contribution < 1.29 is 33.0 Å². The molecule has 63 heavy (non-hydrogen) atoms. The van der Waals surface area contributed by atoms with Crippen molar-refractivity contribution in [3.63, 3.8) is 0 Å². The molecule has 0 amide bonds. The van der Waals surface area contributed by atoms with Crippen molar-refractivity contribution in [2.24, 2.45) is 0 Å². The van der Waals surface area contributed by atoms with Crippen LogP contribution in [0.2, 0.25) is 17.3 Å². The van der Waals surface area contributed by atoms with Crippen LogP contribution in [0.25, 0.3) is 83.7 Å². The molecule has 0 aliphatic heterocycles. The first-order valence-corrected chi connectivity index (χ1v) is 28.0. The summed E-state index contributed by atoms with van der Waals surface area (Å²) in [6, 6.07) is 54.3. The van der Waals surface area contributed by atoms with Crippen molar-refractivity contribution in [1.82, 2.24) is 19.5 Å². The van der Waals surface area contributed by atoms with Crippen LogP contribution < -0.4 is 4.40 Å². The summed E-state index contributed by atoms with van der Waals surface area (Å²) < 4.78 is 47.7. The summed E-state index contributed by atoms with van der Waals surface area (Å²) >= 11 is -2.44. The van der Waals surface area contributed by atoms with Crippen molar-refractivity contribution in [3.05, 3.63) is 187 Å². The van der Waals surface area contributed by atoms with Crippen LogP contribution in [0.1, 0.15) is 36.0 Å². The summed E-state index contributed by atoms with van der Waals surface area (Å²) in [5.41, 5.74) is 11.1. The van der Waals surface area contributed by atoms with Gasteiger partial charge in [-0.05, 0) is 52.3 Å². The molecular weight excluding hydrogens is 1020 g/mol. The van der Waals surface area contributed by atoms with Gasteiger partial charge in [-0.15, -0.1) is 11.6 Å². The van der Waals surface area contributed by atoms with Gasteiger partial charge in [0.1, 0.15) is 0 Å². The van der Waals surface area contributed by atoms with Gasteiger partial charge in [0.05, 0.1) is 22.4 Å². The monoisotopic (exact) mass is 1070 g/mol. The molecule has 0 fully saturated rings. The average molecular weight is 1070 g/mol. The largest absolute Gasteiger partial charge is 0 e. The van der Waals surface area contributed by atoms with Gasteiger partial charge in [-0.3, -0.25) is 4.98 Å². The van der Waals surface area contributed by atoms with E-state index in [0.717, 1.165) is 60.0 Å². The summed E-state index contributed by atoms with van der Waals surface area (Å²) in [7, 11) is 0. The maximum Gasteiger partial charge on any atom is 0 e. The molecule has 0 saturated carbocycles. The number of aromatic nitrogens is 4. The summed E-state index contributed by atoms with van der Waals surface area (Å²) in [5.74, 6) is 6.71. The van der Waals surface area contributed by atoms with Gasteiger partial charge in [0.15, 0.2) is 0 Å². The number of imidazole rings is 1. The van der Waals surface area contributed by atoms with Gasteiger partial charge in [-0.2, -0.15) is 0 Å². The van der Waals surface area contributed by atoms with E-state index in [1.807, 2.05) is 48.5 Å². The van der Waals surface area contributed by atoms with E-state index in [9.17, 15) is 4.39 Å². The number of hydrogen-bond acceptors (Lipinski definition) is 4. The van der Waals surface area contributed by atoms with E-state index in [0.29, 0.717) is 22.6 Å². The molecule has 10 rings (SSSR count). The third-order valence-corrected chi connectivity index (χ3v) is 15.3. The number of hydrogen-bond donors (Lipinski definition) is 0. The Hall–Kier alpha value is -5.99. The van der Waals surface area contributed by atoms with Crippen LogP contribution in [0.5, 0.6) is 0 Å². The van der Waals surface area contributed by atoms with E-state index >= 15 is 0 Å². The Labute approximate surface area is 389 Å². The molecule has 0 N–H and O–H groups in total. The number of rotatable bonds is 6. The standard InChI is InChI=1S/C34H26N3O.C21H21FGeN.Ir/c1-34(2,3)24-15-17-25(18-16-24)37-29-14-8-7-13-28(29)36-32(37)23-20-27(22-10-5-4-6-11-22)31-26-12-9-19-35-33(26)38-30(31)21-23;1-15-12-21(24-14-20(15)23(2,3)4)18-11-10-17(13-19(18)22)16-8-6-5-7-9-16;/h4-20H,1-3H3;5-10,12-14H,1-4H3;/q2*-1;/i;1D3;. The van der Waals surface area contributed by atoms with Crippen LogP contribution in [0.15, 0.2) is 162 Å². The molecule has 6 aromatic carbocycles. The number of aryl methyl sites for hydroxylation is 1. The van der Waals surface area contributed by atoms with Gasteiger partial charge in [-0.25, -0.2) is 4.98 Å². The predicted octanol–water partition coefficient (Wildman–Crippen LogP) is 14.0. The van der Waals surface area contributed by atoms with Gasteiger partial charge in [0, 0.05) is 37.4 Å². The number of halogens is 1. The first-order chi connectivity index (χ1) is 31.0. The first kappa shape index (κ1) is 39.8. The molecule has 0 saturated heterocycles. The fourth-order valence-corrected chi connectivity index (χ4v) is 10.7. The zero-order valence-corrected chi connectivity index (χ0v) is 40.4. The zero-order valence-electron chi connectivity index (χ0n) is 38.9. The van der Waals surface area contributed by atoms with Crippen LogP contribution in [0.3, 0.4) is 0 Å². The van der Waals surface area contributed by atoms with Crippen LogP contribution >= 0.6 is 0 Å². The van der Waals surface area contributed by atoms with Crippen molar-refractivity contribution in [2.75, 3.05) is 0 Å². The van der Waals surface area contributed by atoms with Gasteiger partial charge in [-0.1, -0.05) is 93.1 Å². The second kappa shape index (κ2) is 17.6. The molecule has 0 unspecified atom stereocenters. The summed E-state index contributed by atoms with van der Waals surface area (Å²) in [5, 5.41) is 2.00. The second-order valence-electron chi connectivity index (χ2n) is 17.5. The third kappa shape index (κ3) is 8.83. The van der Waals surface area contributed by atoms with Crippen LogP contribution in [-0.2, 0) is 25.5 Å². The van der Waals surface area contributed by atoms with Gasteiger partial charge in [0.2, 0.25) is 5.71 Å². The minimum absolute atomic E-state index is 0. The SMILES string of the molecule is CC(C)(C)c1ccc(-n2c(-c3[c-]c4oc5ncccc5c4c(-c4ccccc4)c3)nc3ccccc32)cc1.[2H]C([2H])([2H])c1cc(-c2[c-]cc(-c3ccccc3)cc2F)nc[c]1[Ge]([CH3])([CH3])[CH3].[Ir]. The number of fused-ring (bicyclic) bond motifs is 4. The molecular formula is C55H47FGeIrN4O-2. The smallest absolute Gasteiger partial charge is 0 e. The molecule has 8 heteroatoms. The molecule has 4 aromatic heterocycles. The summed E-state index contributed by atoms with van der Waals surface area (Å²) in [6.45, 7) is 4.44. The molecule has 0 aliphatic carbocycles. The average Bonchev–Trinajstić information content (AvgIpc) is 3.88. The van der Waals surface area contributed by atoms with Crippen molar-refractivity contribution in [2.45, 2.75) is 50.3 Å². The molecule has 0 bridgehead atoms. The number of para-hydroxylation sites is 2. The van der Waals surface area contributed by atoms with Crippen molar-refractivity contribution in [3.8, 4) is 50.6 Å². The van der Waals surface area contributed by atoms with Gasteiger partial charge < -0.3 is 8.98 Å². The molecule has 1 radical (unpaired) electrons. The Balaban J connectivity index is 0.000000188. The van der Waals surface area contributed by atoms with Gasteiger partial charge in [0.25, 0.3) is 0 Å². The number of pyridine rings is 2. The Morgan fingerprint density at radius 3 is 2.14 bits per heavy atom. The fourth-order valence-electron chi connectivity index (χ4n) is 7.86. The third-order valence-electron chi connectivity index (χ3n) is 11.1. The molecule has 5 nitrogen and oxygen atoms in total. The quantitative estimate of drug-likeness (QED) is 0.123. The van der Waals surface area contributed by atoms with E-state index < -0.39 is 25.9 Å².